The van der Waals surface area contributed by atoms with Crippen LogP contribution in [-0.2, 0) is 24.1 Å². The van der Waals surface area contributed by atoms with Crippen molar-refractivity contribution < 1.29 is 14.3 Å². The maximum atomic E-state index is 13.1. The first kappa shape index (κ1) is 19.3. The quantitative estimate of drug-likeness (QED) is 0.741. The molecule has 0 saturated heterocycles. The molecule has 1 atom stereocenters. The van der Waals surface area contributed by atoms with Gasteiger partial charge in [-0.05, 0) is 60.6 Å². The summed E-state index contributed by atoms with van der Waals surface area (Å²) in [5.41, 5.74) is 3.63. The van der Waals surface area contributed by atoms with Crippen molar-refractivity contribution in [3.05, 3.63) is 59.2 Å². The van der Waals surface area contributed by atoms with Crippen LogP contribution in [0, 0.1) is 0 Å². The lowest BCUT2D eigenvalue weighted by Crippen LogP contribution is -2.44. The molecule has 1 unspecified atom stereocenters. The normalized spacial score (nSPS) is 15.7. The Morgan fingerprint density at radius 2 is 1.89 bits per heavy atom. The maximum absolute atomic E-state index is 13.1. The Balaban J connectivity index is 1.75. The molecule has 0 radical (unpaired) electrons. The summed E-state index contributed by atoms with van der Waals surface area (Å²) in [6.45, 7) is 2.93. The van der Waals surface area contributed by atoms with Crippen molar-refractivity contribution in [3.8, 4) is 11.5 Å². The molecule has 0 saturated carbocycles. The molecule has 0 aromatic heterocycles. The number of hydrogen-bond acceptors (Lipinski definition) is 3. The van der Waals surface area contributed by atoms with Crippen LogP contribution in [0.4, 0.5) is 0 Å². The number of carbonyl (C=O) groups excluding carboxylic acids is 1. The molecule has 3 rings (SSSR count). The molecule has 144 valence electrons. The number of benzene rings is 2. The van der Waals surface area contributed by atoms with Gasteiger partial charge in [-0.3, -0.25) is 4.79 Å². The van der Waals surface area contributed by atoms with Crippen LogP contribution in [0.2, 0.25) is 0 Å². The molecule has 2 aromatic rings. The number of rotatable bonds is 7. The van der Waals surface area contributed by atoms with Gasteiger partial charge in [-0.1, -0.05) is 31.2 Å². The van der Waals surface area contributed by atoms with Gasteiger partial charge in [0.25, 0.3) is 0 Å². The zero-order chi connectivity index (χ0) is 19.2. The summed E-state index contributed by atoms with van der Waals surface area (Å²) in [6.07, 6.45) is 4.26. The highest BCUT2D eigenvalue weighted by Gasteiger charge is 2.28. The molecular weight excluding hydrogens is 338 g/mol. The molecule has 0 spiro atoms. The second kappa shape index (κ2) is 8.94. The Bertz CT molecular complexity index is 755. The van der Waals surface area contributed by atoms with E-state index in [0.29, 0.717) is 6.42 Å². The molecule has 27 heavy (non-hydrogen) atoms. The van der Waals surface area contributed by atoms with Crippen molar-refractivity contribution in [1.82, 2.24) is 4.90 Å². The highest BCUT2D eigenvalue weighted by Crippen LogP contribution is 2.31. The van der Waals surface area contributed by atoms with Crippen LogP contribution in [0.3, 0.4) is 0 Å². The number of amides is 1. The van der Waals surface area contributed by atoms with E-state index >= 15 is 0 Å². The highest BCUT2D eigenvalue weighted by molar-refractivity contribution is 5.79. The molecule has 4 heteroatoms. The van der Waals surface area contributed by atoms with Gasteiger partial charge in [-0.2, -0.15) is 0 Å². The number of carbonyl (C=O) groups is 1. The predicted molar refractivity (Wildman–Crippen MR) is 108 cm³/mol. The standard InChI is InChI=1S/C23H29NO3/c1-4-14-24(23(25)15-17-8-12-20(26-2)13-9-17)19-11-10-18-6-5-7-22(27-3)21(18)16-19/h5-9,12-13,19H,4,10-11,14-16H2,1-3H3. The number of methoxy groups -OCH3 is 2. The molecule has 4 nitrogen and oxygen atoms in total. The predicted octanol–water partition coefficient (Wildman–Crippen LogP) is 4.04. The Hall–Kier alpha value is -2.49. The lowest BCUT2D eigenvalue weighted by Gasteiger charge is -2.36. The first-order valence-corrected chi connectivity index (χ1v) is 9.73. The van der Waals surface area contributed by atoms with Gasteiger partial charge < -0.3 is 14.4 Å². The smallest absolute Gasteiger partial charge is 0.227 e. The third kappa shape index (κ3) is 4.44. The molecule has 2 aromatic carbocycles. The fourth-order valence-corrected chi connectivity index (χ4v) is 3.97. The van der Waals surface area contributed by atoms with Crippen molar-refractivity contribution in [1.29, 1.82) is 0 Å². The van der Waals surface area contributed by atoms with E-state index in [1.807, 2.05) is 30.3 Å². The summed E-state index contributed by atoms with van der Waals surface area (Å²) in [5.74, 6) is 1.95. The Morgan fingerprint density at radius 1 is 1.11 bits per heavy atom. The van der Waals surface area contributed by atoms with Crippen LogP contribution in [0.5, 0.6) is 11.5 Å². The second-order valence-electron chi connectivity index (χ2n) is 7.11. The van der Waals surface area contributed by atoms with Gasteiger partial charge >= 0.3 is 0 Å². The van der Waals surface area contributed by atoms with Gasteiger partial charge in [-0.25, -0.2) is 0 Å². The lowest BCUT2D eigenvalue weighted by molar-refractivity contribution is -0.133. The molecule has 0 heterocycles. The largest absolute Gasteiger partial charge is 0.497 e. The van der Waals surface area contributed by atoms with E-state index in [1.165, 1.54) is 11.1 Å². The van der Waals surface area contributed by atoms with Gasteiger partial charge in [0.05, 0.1) is 20.6 Å². The first-order chi connectivity index (χ1) is 13.2. The topological polar surface area (TPSA) is 38.8 Å². The summed E-state index contributed by atoms with van der Waals surface area (Å²) in [6, 6.07) is 14.3. The summed E-state index contributed by atoms with van der Waals surface area (Å²) < 4.78 is 10.8. The monoisotopic (exact) mass is 367 g/mol. The Morgan fingerprint density at radius 3 is 2.56 bits per heavy atom. The Kier molecular flexibility index (Phi) is 6.38. The minimum absolute atomic E-state index is 0.199. The van der Waals surface area contributed by atoms with Gasteiger partial charge in [0, 0.05) is 12.6 Å². The van der Waals surface area contributed by atoms with E-state index in [0.717, 1.165) is 49.3 Å². The number of fused-ring (bicyclic) bond motifs is 1. The van der Waals surface area contributed by atoms with E-state index in [-0.39, 0.29) is 11.9 Å². The zero-order valence-electron chi connectivity index (χ0n) is 16.5. The van der Waals surface area contributed by atoms with Gasteiger partial charge in [0.2, 0.25) is 5.91 Å². The van der Waals surface area contributed by atoms with E-state index in [1.54, 1.807) is 14.2 Å². The van der Waals surface area contributed by atoms with Crippen molar-refractivity contribution in [2.75, 3.05) is 20.8 Å². The van der Waals surface area contributed by atoms with Gasteiger partial charge in [-0.15, -0.1) is 0 Å². The average Bonchev–Trinajstić information content (AvgIpc) is 2.71. The maximum Gasteiger partial charge on any atom is 0.227 e. The molecule has 1 aliphatic carbocycles. The number of ether oxygens (including phenoxy) is 2. The number of aryl methyl sites for hydroxylation is 1. The van der Waals surface area contributed by atoms with Crippen molar-refractivity contribution in [2.24, 2.45) is 0 Å². The van der Waals surface area contributed by atoms with E-state index in [9.17, 15) is 4.79 Å². The second-order valence-corrected chi connectivity index (χ2v) is 7.11. The van der Waals surface area contributed by atoms with Crippen LogP contribution >= 0.6 is 0 Å². The molecular formula is C23H29NO3. The molecule has 1 amide bonds. The van der Waals surface area contributed by atoms with E-state index in [4.69, 9.17) is 9.47 Å². The van der Waals surface area contributed by atoms with Crippen LogP contribution in [-0.4, -0.2) is 37.6 Å². The Labute approximate surface area is 162 Å². The lowest BCUT2D eigenvalue weighted by atomic mass is 9.86. The molecule has 0 aliphatic heterocycles. The summed E-state index contributed by atoms with van der Waals surface area (Å²) in [7, 11) is 3.37. The summed E-state index contributed by atoms with van der Waals surface area (Å²) in [5, 5.41) is 0. The van der Waals surface area contributed by atoms with E-state index < -0.39 is 0 Å². The summed E-state index contributed by atoms with van der Waals surface area (Å²) >= 11 is 0. The van der Waals surface area contributed by atoms with E-state index in [2.05, 4.69) is 24.0 Å². The molecule has 0 N–H and O–H groups in total. The summed E-state index contributed by atoms with van der Waals surface area (Å²) in [4.78, 5) is 15.2. The number of nitrogens with zero attached hydrogens (tertiary/aromatic N) is 1. The van der Waals surface area contributed by atoms with Crippen LogP contribution < -0.4 is 9.47 Å². The average molecular weight is 367 g/mol. The minimum atomic E-state index is 0.199. The number of hydrogen-bond donors (Lipinski definition) is 0. The third-order valence-electron chi connectivity index (χ3n) is 5.38. The zero-order valence-corrected chi connectivity index (χ0v) is 16.5. The molecule has 0 bridgehead atoms. The van der Waals surface area contributed by atoms with Gasteiger partial charge in [0.15, 0.2) is 0 Å². The fourth-order valence-electron chi connectivity index (χ4n) is 3.97. The van der Waals surface area contributed by atoms with Crippen molar-refractivity contribution in [3.63, 3.8) is 0 Å². The fraction of sp³-hybridized carbons (Fsp3) is 0.435. The van der Waals surface area contributed by atoms with Crippen LogP contribution in [0.25, 0.3) is 0 Å². The SMILES string of the molecule is CCCN(C(=O)Cc1ccc(OC)cc1)C1CCc2cccc(OC)c2C1. The third-order valence-corrected chi connectivity index (χ3v) is 5.38. The molecule has 1 aliphatic rings. The van der Waals surface area contributed by atoms with Crippen LogP contribution in [0.1, 0.15) is 36.5 Å². The van der Waals surface area contributed by atoms with Gasteiger partial charge in [0.1, 0.15) is 11.5 Å². The van der Waals surface area contributed by atoms with Crippen LogP contribution in [0.15, 0.2) is 42.5 Å². The van der Waals surface area contributed by atoms with Crippen molar-refractivity contribution in [2.45, 2.75) is 45.1 Å². The van der Waals surface area contributed by atoms with Crippen molar-refractivity contribution >= 4 is 5.91 Å². The molecule has 0 fully saturated rings. The minimum Gasteiger partial charge on any atom is -0.497 e. The first-order valence-electron chi connectivity index (χ1n) is 9.73. The highest BCUT2D eigenvalue weighted by atomic mass is 16.5.